The number of H-pyrrole nitrogens is 1. The van der Waals surface area contributed by atoms with Crippen LogP contribution in [0.3, 0.4) is 0 Å². The number of hydrogen-bond acceptors (Lipinski definition) is 7. The molecule has 2 amide bonds. The average molecular weight is 483 g/mol. The molecule has 0 aliphatic heterocycles. The minimum atomic E-state index is -0.740. The molecule has 178 valence electrons. The van der Waals surface area contributed by atoms with Crippen molar-refractivity contribution in [2.75, 3.05) is 22.6 Å². The SMILES string of the molecule is CCCCn1c(N)c(N(C)C(=O)C=Cc2csc(N(C(C)=O)c3ccccc3)n2)c(=O)[nH]c1=O. The van der Waals surface area contributed by atoms with E-state index in [1.165, 1.54) is 46.9 Å². The number of carbonyl (C=O) groups is 2. The van der Waals surface area contributed by atoms with Crippen LogP contribution in [0.25, 0.3) is 6.08 Å². The molecule has 1 aromatic carbocycles. The number of hydrogen-bond donors (Lipinski definition) is 2. The maximum Gasteiger partial charge on any atom is 0.330 e. The lowest BCUT2D eigenvalue weighted by molar-refractivity contribution is -0.116. The summed E-state index contributed by atoms with van der Waals surface area (Å²) in [5, 5.41) is 2.17. The fourth-order valence-electron chi connectivity index (χ4n) is 3.28. The zero-order chi connectivity index (χ0) is 24.8. The molecule has 0 aliphatic carbocycles. The molecule has 2 heterocycles. The average Bonchev–Trinajstić information content (AvgIpc) is 3.26. The smallest absolute Gasteiger partial charge is 0.330 e. The number of benzene rings is 1. The molecule has 0 spiro atoms. The van der Waals surface area contributed by atoms with E-state index in [9.17, 15) is 19.2 Å². The van der Waals surface area contributed by atoms with Gasteiger partial charge in [-0.1, -0.05) is 31.5 Å². The van der Waals surface area contributed by atoms with Gasteiger partial charge in [-0.05, 0) is 24.6 Å². The van der Waals surface area contributed by atoms with Crippen LogP contribution in [-0.4, -0.2) is 33.4 Å². The predicted molar refractivity (Wildman–Crippen MR) is 134 cm³/mol. The van der Waals surface area contributed by atoms with E-state index in [4.69, 9.17) is 5.73 Å². The topological polar surface area (TPSA) is 134 Å². The quantitative estimate of drug-likeness (QED) is 0.474. The lowest BCUT2D eigenvalue weighted by Crippen LogP contribution is -2.38. The van der Waals surface area contributed by atoms with Gasteiger partial charge in [-0.2, -0.15) is 0 Å². The van der Waals surface area contributed by atoms with Gasteiger partial charge in [0.05, 0.1) is 11.4 Å². The van der Waals surface area contributed by atoms with Crippen LogP contribution < -0.4 is 26.8 Å². The Hall–Kier alpha value is -3.99. The summed E-state index contributed by atoms with van der Waals surface area (Å²) in [6, 6.07) is 9.12. The number of anilines is 4. The molecule has 0 unspecified atom stereocenters. The lowest BCUT2D eigenvalue weighted by Gasteiger charge is -2.19. The van der Waals surface area contributed by atoms with E-state index in [2.05, 4.69) is 9.97 Å². The van der Waals surface area contributed by atoms with Gasteiger partial charge in [-0.25, -0.2) is 9.78 Å². The van der Waals surface area contributed by atoms with Crippen molar-refractivity contribution < 1.29 is 9.59 Å². The van der Waals surface area contributed by atoms with E-state index in [1.54, 1.807) is 17.5 Å². The standard InChI is InChI=1S/C23H26N6O4S/c1-4-5-13-28-20(24)19(21(32)26-22(28)33)27(3)18(31)12-11-16-14-34-23(25-16)29(15(2)30)17-9-7-6-8-10-17/h6-12,14H,4-5,13,24H2,1-3H3,(H,26,32,33). The van der Waals surface area contributed by atoms with E-state index in [-0.39, 0.29) is 17.4 Å². The molecule has 2 aromatic heterocycles. The molecule has 0 bridgehead atoms. The molecule has 3 N–H and O–H groups in total. The van der Waals surface area contributed by atoms with Crippen molar-refractivity contribution in [3.8, 4) is 0 Å². The number of amides is 2. The molecule has 3 aromatic rings. The van der Waals surface area contributed by atoms with Gasteiger partial charge in [-0.15, -0.1) is 11.3 Å². The number of carbonyl (C=O) groups excluding carboxylic acids is 2. The van der Waals surface area contributed by atoms with Crippen LogP contribution in [0.2, 0.25) is 0 Å². The molecule has 0 radical (unpaired) electrons. The number of likely N-dealkylation sites (N-methyl/N-ethyl adjacent to an activating group) is 1. The first kappa shape index (κ1) is 24.6. The highest BCUT2D eigenvalue weighted by molar-refractivity contribution is 7.14. The third kappa shape index (κ3) is 5.31. The van der Waals surface area contributed by atoms with E-state index in [0.717, 1.165) is 11.3 Å². The summed E-state index contributed by atoms with van der Waals surface area (Å²) in [6.45, 7) is 3.75. The molecule has 0 saturated heterocycles. The molecule has 34 heavy (non-hydrogen) atoms. The number of nitrogen functional groups attached to an aromatic ring is 1. The normalized spacial score (nSPS) is 11.0. The highest BCUT2D eigenvalue weighted by atomic mass is 32.1. The van der Waals surface area contributed by atoms with Crippen LogP contribution in [0.5, 0.6) is 0 Å². The maximum atomic E-state index is 12.8. The number of thiazole rings is 1. The minimum absolute atomic E-state index is 0.0673. The summed E-state index contributed by atoms with van der Waals surface area (Å²) < 4.78 is 1.25. The molecule has 0 fully saturated rings. The summed E-state index contributed by atoms with van der Waals surface area (Å²) in [5.74, 6) is -0.791. The summed E-state index contributed by atoms with van der Waals surface area (Å²) in [5.41, 5.74) is 5.77. The number of nitrogens with zero attached hydrogens (tertiary/aromatic N) is 4. The van der Waals surface area contributed by atoms with Crippen molar-refractivity contribution in [2.45, 2.75) is 33.2 Å². The molecule has 11 heteroatoms. The highest BCUT2D eigenvalue weighted by Gasteiger charge is 2.20. The number of para-hydroxylation sites is 1. The monoisotopic (exact) mass is 482 g/mol. The van der Waals surface area contributed by atoms with Gasteiger partial charge in [0.1, 0.15) is 5.82 Å². The van der Waals surface area contributed by atoms with Gasteiger partial charge in [-0.3, -0.25) is 28.8 Å². The summed E-state index contributed by atoms with van der Waals surface area (Å²) in [7, 11) is 1.40. The van der Waals surface area contributed by atoms with Gasteiger partial charge in [0.25, 0.3) is 11.5 Å². The first-order chi connectivity index (χ1) is 16.2. The summed E-state index contributed by atoms with van der Waals surface area (Å²) in [4.78, 5) is 58.6. The van der Waals surface area contributed by atoms with Crippen molar-refractivity contribution >= 4 is 51.6 Å². The fraction of sp³-hybridized carbons (Fsp3) is 0.261. The van der Waals surface area contributed by atoms with Crippen LogP contribution in [-0.2, 0) is 16.1 Å². The molecule has 0 saturated carbocycles. The molecule has 3 rings (SSSR count). The van der Waals surface area contributed by atoms with Crippen molar-refractivity contribution in [1.29, 1.82) is 0 Å². The number of aromatic nitrogens is 3. The second-order valence-corrected chi connectivity index (χ2v) is 8.31. The Morgan fingerprint density at radius 1 is 1.24 bits per heavy atom. The third-order valence-corrected chi connectivity index (χ3v) is 5.89. The summed E-state index contributed by atoms with van der Waals surface area (Å²) >= 11 is 1.26. The van der Waals surface area contributed by atoms with Crippen LogP contribution >= 0.6 is 11.3 Å². The van der Waals surface area contributed by atoms with Crippen molar-refractivity contribution in [3.05, 3.63) is 68.3 Å². The second kappa shape index (κ2) is 10.8. The van der Waals surface area contributed by atoms with E-state index in [1.807, 2.05) is 25.1 Å². The van der Waals surface area contributed by atoms with Crippen LogP contribution in [0.1, 0.15) is 32.4 Å². The van der Waals surface area contributed by atoms with Gasteiger partial charge in [0.2, 0.25) is 5.91 Å². The van der Waals surface area contributed by atoms with E-state index in [0.29, 0.717) is 29.5 Å². The fourth-order valence-corrected chi connectivity index (χ4v) is 4.13. The Labute approximate surface area is 200 Å². The third-order valence-electron chi connectivity index (χ3n) is 5.04. The lowest BCUT2D eigenvalue weighted by atomic mass is 10.3. The Morgan fingerprint density at radius 3 is 2.59 bits per heavy atom. The minimum Gasteiger partial charge on any atom is -0.383 e. The number of unbranched alkanes of at least 4 members (excludes halogenated alkanes) is 1. The Kier molecular flexibility index (Phi) is 7.79. The van der Waals surface area contributed by atoms with Crippen molar-refractivity contribution in [2.24, 2.45) is 0 Å². The Balaban J connectivity index is 1.83. The first-order valence-electron chi connectivity index (χ1n) is 10.6. The highest BCUT2D eigenvalue weighted by Crippen LogP contribution is 2.29. The Morgan fingerprint density at radius 2 is 1.94 bits per heavy atom. The number of aromatic amines is 1. The van der Waals surface area contributed by atoms with E-state index < -0.39 is 17.2 Å². The summed E-state index contributed by atoms with van der Waals surface area (Å²) in [6.07, 6.45) is 4.26. The maximum absolute atomic E-state index is 12.8. The molecule has 0 atom stereocenters. The van der Waals surface area contributed by atoms with Gasteiger partial charge >= 0.3 is 5.69 Å². The molecular formula is C23H26N6O4S. The van der Waals surface area contributed by atoms with Gasteiger partial charge in [0, 0.05) is 32.0 Å². The predicted octanol–water partition coefficient (Wildman–Crippen LogP) is 2.74. The van der Waals surface area contributed by atoms with E-state index >= 15 is 0 Å². The number of rotatable bonds is 8. The molecular weight excluding hydrogens is 456 g/mol. The van der Waals surface area contributed by atoms with Crippen molar-refractivity contribution in [1.82, 2.24) is 14.5 Å². The van der Waals surface area contributed by atoms with Gasteiger partial charge in [0.15, 0.2) is 10.8 Å². The molecule has 0 aliphatic rings. The largest absolute Gasteiger partial charge is 0.383 e. The zero-order valence-electron chi connectivity index (χ0n) is 19.1. The second-order valence-electron chi connectivity index (χ2n) is 7.47. The van der Waals surface area contributed by atoms with Crippen LogP contribution in [0.4, 0.5) is 22.3 Å². The number of nitrogens with two attached hydrogens (primary N) is 1. The van der Waals surface area contributed by atoms with Crippen LogP contribution in [0, 0.1) is 0 Å². The molecule has 10 nitrogen and oxygen atoms in total. The first-order valence-corrected chi connectivity index (χ1v) is 11.5. The van der Waals surface area contributed by atoms with Crippen LogP contribution in [0.15, 0.2) is 51.4 Å². The van der Waals surface area contributed by atoms with Gasteiger partial charge < -0.3 is 10.6 Å². The van der Waals surface area contributed by atoms with Crippen molar-refractivity contribution in [3.63, 3.8) is 0 Å². The zero-order valence-corrected chi connectivity index (χ0v) is 20.0. The Bertz CT molecular complexity index is 1330. The number of nitrogens with one attached hydrogen (secondary N) is 1.